The number of carbonyl (C=O) groups excluding carboxylic acids is 3. The Morgan fingerprint density at radius 3 is 2.45 bits per heavy atom. The molecular formula is C20H35N5O3S. The molecule has 0 aromatic rings. The number of imide groups is 1. The Bertz CT molecular complexity index is 636. The quantitative estimate of drug-likeness (QED) is 0.283. The van der Waals surface area contributed by atoms with E-state index in [0.717, 1.165) is 30.6 Å². The van der Waals surface area contributed by atoms with Crippen molar-refractivity contribution in [2.75, 3.05) is 6.54 Å². The van der Waals surface area contributed by atoms with E-state index in [2.05, 4.69) is 35.3 Å². The van der Waals surface area contributed by atoms with E-state index in [1.807, 2.05) is 13.8 Å². The lowest BCUT2D eigenvalue weighted by Crippen LogP contribution is -2.54. The normalized spacial score (nSPS) is 26.1. The first-order chi connectivity index (χ1) is 13.7. The molecule has 0 unspecified atom stereocenters. The van der Waals surface area contributed by atoms with Crippen molar-refractivity contribution in [2.24, 2.45) is 11.8 Å². The van der Waals surface area contributed by atoms with E-state index in [1.165, 1.54) is 6.42 Å². The average Bonchev–Trinajstić information content (AvgIpc) is 2.89. The Hall–Kier alpha value is -1.90. The number of nitrogens with one attached hydrogen (secondary N) is 4. The van der Waals surface area contributed by atoms with Gasteiger partial charge in [-0.15, -0.1) is 0 Å². The molecule has 4 amide bonds. The Morgan fingerprint density at radius 1 is 1.17 bits per heavy atom. The van der Waals surface area contributed by atoms with Gasteiger partial charge in [0.1, 0.15) is 12.1 Å². The molecule has 0 radical (unpaired) electrons. The molecule has 4 N–H and O–H groups in total. The van der Waals surface area contributed by atoms with Crippen LogP contribution in [-0.2, 0) is 9.59 Å². The van der Waals surface area contributed by atoms with Gasteiger partial charge in [-0.2, -0.15) is 0 Å². The van der Waals surface area contributed by atoms with Crippen molar-refractivity contribution in [3.63, 3.8) is 0 Å². The SMILES string of the molecule is CCCC1(CCC)NC(=O)N(CC(=O)NNC(=S)N[C@@H]2CCC[C@@H](C)[C@@H]2C)C1=O. The third kappa shape index (κ3) is 5.58. The molecule has 8 nitrogen and oxygen atoms in total. The van der Waals surface area contributed by atoms with Crippen LogP contribution >= 0.6 is 12.2 Å². The van der Waals surface area contributed by atoms with Gasteiger partial charge in [-0.1, -0.05) is 53.4 Å². The van der Waals surface area contributed by atoms with Crippen LogP contribution in [0.15, 0.2) is 0 Å². The van der Waals surface area contributed by atoms with Gasteiger partial charge in [-0.3, -0.25) is 25.3 Å². The molecule has 0 aromatic heterocycles. The third-order valence-corrected chi connectivity index (χ3v) is 6.46. The number of carbonyl (C=O) groups is 3. The van der Waals surface area contributed by atoms with Crippen LogP contribution in [0.2, 0.25) is 0 Å². The van der Waals surface area contributed by atoms with E-state index >= 15 is 0 Å². The smallest absolute Gasteiger partial charge is 0.325 e. The maximum Gasteiger partial charge on any atom is 0.325 e. The highest BCUT2D eigenvalue weighted by Crippen LogP contribution is 2.29. The van der Waals surface area contributed by atoms with Crippen LogP contribution in [0.1, 0.15) is 72.6 Å². The van der Waals surface area contributed by atoms with Crippen LogP contribution in [0.5, 0.6) is 0 Å². The Morgan fingerprint density at radius 2 is 1.83 bits per heavy atom. The molecule has 1 aliphatic carbocycles. The highest BCUT2D eigenvalue weighted by molar-refractivity contribution is 7.80. The number of hydrazine groups is 1. The lowest BCUT2D eigenvalue weighted by atomic mass is 9.78. The predicted octanol–water partition coefficient (Wildman–Crippen LogP) is 2.20. The first-order valence-corrected chi connectivity index (χ1v) is 11.1. The topological polar surface area (TPSA) is 103 Å². The van der Waals surface area contributed by atoms with Gasteiger partial charge < -0.3 is 10.6 Å². The summed E-state index contributed by atoms with van der Waals surface area (Å²) in [6.45, 7) is 8.05. The van der Waals surface area contributed by atoms with Gasteiger partial charge in [0.15, 0.2) is 5.11 Å². The molecule has 29 heavy (non-hydrogen) atoms. The molecule has 2 rings (SSSR count). The first kappa shape index (κ1) is 23.4. The van der Waals surface area contributed by atoms with E-state index in [0.29, 0.717) is 29.8 Å². The molecule has 1 heterocycles. The van der Waals surface area contributed by atoms with Gasteiger partial charge in [-0.05, 0) is 43.3 Å². The van der Waals surface area contributed by atoms with Gasteiger partial charge in [0.2, 0.25) is 0 Å². The zero-order valence-corrected chi connectivity index (χ0v) is 18.8. The van der Waals surface area contributed by atoms with E-state index in [1.54, 1.807) is 0 Å². The summed E-state index contributed by atoms with van der Waals surface area (Å²) in [6, 6.07) is -0.247. The molecule has 2 fully saturated rings. The van der Waals surface area contributed by atoms with Gasteiger partial charge in [0, 0.05) is 6.04 Å². The number of thiocarbonyl (C=S) groups is 1. The number of rotatable bonds is 7. The first-order valence-electron chi connectivity index (χ1n) is 10.7. The Kier molecular flexibility index (Phi) is 8.24. The van der Waals surface area contributed by atoms with Gasteiger partial charge in [-0.25, -0.2) is 4.79 Å². The minimum absolute atomic E-state index is 0.269. The molecule has 164 valence electrons. The van der Waals surface area contributed by atoms with Crippen LogP contribution in [0.3, 0.4) is 0 Å². The lowest BCUT2D eigenvalue weighted by molar-refractivity contribution is -0.135. The summed E-state index contributed by atoms with van der Waals surface area (Å²) >= 11 is 5.28. The highest BCUT2D eigenvalue weighted by atomic mass is 32.1. The molecule has 0 bridgehead atoms. The van der Waals surface area contributed by atoms with Gasteiger partial charge in [0.05, 0.1) is 0 Å². The van der Waals surface area contributed by atoms with Crippen molar-refractivity contribution in [1.29, 1.82) is 0 Å². The molecule has 9 heteroatoms. The van der Waals surface area contributed by atoms with Crippen molar-refractivity contribution < 1.29 is 14.4 Å². The standard InChI is InChI=1S/C20H35N5O3S/c1-5-10-20(11-6-2)17(27)25(19(28)22-20)12-16(26)23-24-18(29)21-15-9-7-8-13(3)14(15)4/h13-15H,5-12H2,1-4H3,(H,22,28)(H,23,26)(H2,21,24,29)/t13-,14+,15-/m1/s1. The zero-order chi connectivity index (χ0) is 21.6. The van der Waals surface area contributed by atoms with Crippen LogP contribution in [0.25, 0.3) is 0 Å². The van der Waals surface area contributed by atoms with Crippen molar-refractivity contribution >= 4 is 35.2 Å². The molecule has 1 saturated heterocycles. The van der Waals surface area contributed by atoms with E-state index in [9.17, 15) is 14.4 Å². The summed E-state index contributed by atoms with van der Waals surface area (Å²) < 4.78 is 0. The van der Waals surface area contributed by atoms with Crippen LogP contribution in [0.4, 0.5) is 4.79 Å². The molecule has 3 atom stereocenters. The number of urea groups is 1. The summed E-state index contributed by atoms with van der Waals surface area (Å²) in [4.78, 5) is 38.4. The number of nitrogens with zero attached hydrogens (tertiary/aromatic N) is 1. The van der Waals surface area contributed by atoms with E-state index in [4.69, 9.17) is 12.2 Å². The van der Waals surface area contributed by atoms with E-state index in [-0.39, 0.29) is 18.5 Å². The Labute approximate surface area is 178 Å². The van der Waals surface area contributed by atoms with Crippen molar-refractivity contribution in [3.05, 3.63) is 0 Å². The minimum Gasteiger partial charge on any atom is -0.358 e. The molecule has 2 aliphatic rings. The summed E-state index contributed by atoms with van der Waals surface area (Å²) in [5, 5.41) is 6.40. The molecular weight excluding hydrogens is 390 g/mol. The second kappa shape index (κ2) is 10.2. The second-order valence-electron chi connectivity index (χ2n) is 8.42. The molecule has 1 saturated carbocycles. The van der Waals surface area contributed by atoms with E-state index < -0.39 is 17.5 Å². The lowest BCUT2D eigenvalue weighted by Gasteiger charge is -2.35. The van der Waals surface area contributed by atoms with Crippen molar-refractivity contribution in [3.8, 4) is 0 Å². The summed E-state index contributed by atoms with van der Waals surface area (Å²) in [7, 11) is 0. The largest absolute Gasteiger partial charge is 0.358 e. The maximum absolute atomic E-state index is 12.8. The average molecular weight is 426 g/mol. The van der Waals surface area contributed by atoms with Crippen molar-refractivity contribution in [2.45, 2.75) is 84.2 Å². The summed E-state index contributed by atoms with van der Waals surface area (Å²) in [5.41, 5.74) is 4.29. The summed E-state index contributed by atoms with van der Waals surface area (Å²) in [5.74, 6) is 0.304. The number of hydrogen-bond acceptors (Lipinski definition) is 4. The fourth-order valence-electron chi connectivity index (χ4n) is 4.44. The predicted molar refractivity (Wildman–Crippen MR) is 116 cm³/mol. The highest BCUT2D eigenvalue weighted by Gasteiger charge is 2.50. The number of amides is 4. The van der Waals surface area contributed by atoms with Crippen LogP contribution in [-0.4, -0.2) is 46.0 Å². The van der Waals surface area contributed by atoms with Gasteiger partial charge >= 0.3 is 6.03 Å². The maximum atomic E-state index is 12.8. The monoisotopic (exact) mass is 425 g/mol. The molecule has 0 aromatic carbocycles. The summed E-state index contributed by atoms with van der Waals surface area (Å²) in [6.07, 6.45) is 6.08. The fourth-order valence-corrected chi connectivity index (χ4v) is 4.64. The third-order valence-electron chi connectivity index (χ3n) is 6.24. The van der Waals surface area contributed by atoms with Crippen molar-refractivity contribution in [1.82, 2.24) is 26.4 Å². The Balaban J connectivity index is 1.85. The second-order valence-corrected chi connectivity index (χ2v) is 8.83. The molecule has 0 spiro atoms. The fraction of sp³-hybridized carbons (Fsp3) is 0.800. The zero-order valence-electron chi connectivity index (χ0n) is 18.0. The van der Waals surface area contributed by atoms with Crippen LogP contribution < -0.4 is 21.5 Å². The van der Waals surface area contributed by atoms with Gasteiger partial charge in [0.25, 0.3) is 11.8 Å². The minimum atomic E-state index is -0.890. The number of hydrogen-bond donors (Lipinski definition) is 4. The van der Waals surface area contributed by atoms with Crippen LogP contribution in [0, 0.1) is 11.8 Å². The molecule has 1 aliphatic heterocycles.